The summed E-state index contributed by atoms with van der Waals surface area (Å²) in [5.41, 5.74) is 4.46. The summed E-state index contributed by atoms with van der Waals surface area (Å²) in [6.45, 7) is 1.11. The SMILES string of the molecule is N#Cc1ncc(N2CC[C@@H](N)C2)cc1C(F)(F)F. The molecule has 0 unspecified atom stereocenters. The summed E-state index contributed by atoms with van der Waals surface area (Å²) >= 11 is 0. The molecule has 1 saturated heterocycles. The topological polar surface area (TPSA) is 65.9 Å². The van der Waals surface area contributed by atoms with E-state index in [1.807, 2.05) is 0 Å². The van der Waals surface area contributed by atoms with E-state index in [2.05, 4.69) is 4.98 Å². The third-order valence-corrected chi connectivity index (χ3v) is 2.87. The lowest BCUT2D eigenvalue weighted by molar-refractivity contribution is -0.138. The lowest BCUT2D eigenvalue weighted by Crippen LogP contribution is -2.26. The Morgan fingerprint density at radius 3 is 2.72 bits per heavy atom. The molecule has 0 amide bonds. The molecule has 1 aliphatic rings. The molecule has 1 aromatic heterocycles. The van der Waals surface area contributed by atoms with Crippen molar-refractivity contribution in [2.24, 2.45) is 5.73 Å². The highest BCUT2D eigenvalue weighted by Gasteiger charge is 2.35. The molecule has 96 valence electrons. The van der Waals surface area contributed by atoms with Crippen LogP contribution in [0.5, 0.6) is 0 Å². The predicted molar refractivity (Wildman–Crippen MR) is 58.8 cm³/mol. The highest BCUT2D eigenvalue weighted by molar-refractivity contribution is 5.51. The number of rotatable bonds is 1. The van der Waals surface area contributed by atoms with E-state index in [0.717, 1.165) is 12.5 Å². The molecule has 2 rings (SSSR count). The summed E-state index contributed by atoms with van der Waals surface area (Å²) in [6, 6.07) is 2.38. The van der Waals surface area contributed by atoms with Crippen LogP contribution in [-0.2, 0) is 6.18 Å². The van der Waals surface area contributed by atoms with Gasteiger partial charge in [-0.15, -0.1) is 0 Å². The highest BCUT2D eigenvalue weighted by Crippen LogP contribution is 2.33. The van der Waals surface area contributed by atoms with Gasteiger partial charge in [0.1, 0.15) is 6.07 Å². The minimum absolute atomic E-state index is 0.0324. The average molecular weight is 256 g/mol. The van der Waals surface area contributed by atoms with Crippen LogP contribution in [0.2, 0.25) is 0 Å². The summed E-state index contributed by atoms with van der Waals surface area (Å²) in [4.78, 5) is 5.31. The number of nitrogens with zero attached hydrogens (tertiary/aromatic N) is 3. The summed E-state index contributed by atoms with van der Waals surface area (Å²) < 4.78 is 38.2. The van der Waals surface area contributed by atoms with Gasteiger partial charge >= 0.3 is 6.18 Å². The van der Waals surface area contributed by atoms with Gasteiger partial charge in [-0.1, -0.05) is 0 Å². The van der Waals surface area contributed by atoms with Crippen LogP contribution in [0.1, 0.15) is 17.7 Å². The van der Waals surface area contributed by atoms with Gasteiger partial charge in [0.25, 0.3) is 0 Å². The molecule has 0 saturated carbocycles. The second-order valence-corrected chi connectivity index (χ2v) is 4.19. The van der Waals surface area contributed by atoms with Crippen molar-refractivity contribution >= 4 is 5.69 Å². The summed E-state index contributed by atoms with van der Waals surface area (Å²) in [5.74, 6) is 0. The Hall–Kier alpha value is -1.81. The molecular weight excluding hydrogens is 245 g/mol. The van der Waals surface area contributed by atoms with Crippen LogP contribution in [0, 0.1) is 11.3 Å². The summed E-state index contributed by atoms with van der Waals surface area (Å²) in [6.07, 6.45) is -2.55. The maximum Gasteiger partial charge on any atom is 0.419 e. The van der Waals surface area contributed by atoms with E-state index in [9.17, 15) is 13.2 Å². The molecule has 0 aliphatic carbocycles. The first kappa shape index (κ1) is 12.6. The van der Waals surface area contributed by atoms with Crippen LogP contribution in [-0.4, -0.2) is 24.1 Å². The van der Waals surface area contributed by atoms with Crippen molar-refractivity contribution < 1.29 is 13.2 Å². The number of alkyl halides is 3. The number of hydrogen-bond acceptors (Lipinski definition) is 4. The van der Waals surface area contributed by atoms with E-state index >= 15 is 0 Å². The Kier molecular flexibility index (Phi) is 3.13. The zero-order valence-electron chi connectivity index (χ0n) is 9.41. The minimum atomic E-state index is -4.57. The molecule has 2 N–H and O–H groups in total. The lowest BCUT2D eigenvalue weighted by Gasteiger charge is -2.19. The van der Waals surface area contributed by atoms with Gasteiger partial charge in [-0.05, 0) is 12.5 Å². The molecule has 7 heteroatoms. The van der Waals surface area contributed by atoms with Gasteiger partial charge in [0.2, 0.25) is 0 Å². The Labute approximate surface area is 102 Å². The molecule has 1 fully saturated rings. The van der Waals surface area contributed by atoms with Gasteiger partial charge in [-0.2, -0.15) is 18.4 Å². The standard InChI is InChI=1S/C11H11F3N4/c12-11(13,14)9-3-8(5-17-10(9)4-15)18-2-1-7(16)6-18/h3,5,7H,1-2,6,16H2/t7-/m1/s1. The third-order valence-electron chi connectivity index (χ3n) is 2.87. The van der Waals surface area contributed by atoms with E-state index < -0.39 is 17.4 Å². The first-order valence-electron chi connectivity index (χ1n) is 5.39. The number of pyridine rings is 1. The lowest BCUT2D eigenvalue weighted by atomic mass is 10.1. The van der Waals surface area contributed by atoms with Gasteiger partial charge < -0.3 is 10.6 Å². The van der Waals surface area contributed by atoms with Gasteiger partial charge in [-0.3, -0.25) is 0 Å². The van der Waals surface area contributed by atoms with Crippen LogP contribution in [0.25, 0.3) is 0 Å². The fraction of sp³-hybridized carbons (Fsp3) is 0.455. The Bertz CT molecular complexity index is 492. The number of hydrogen-bond donors (Lipinski definition) is 1. The van der Waals surface area contributed by atoms with E-state index in [0.29, 0.717) is 18.8 Å². The van der Waals surface area contributed by atoms with Crippen LogP contribution >= 0.6 is 0 Å². The molecule has 0 aromatic carbocycles. The molecule has 0 spiro atoms. The normalized spacial score (nSPS) is 19.9. The van der Waals surface area contributed by atoms with Gasteiger partial charge in [0.05, 0.1) is 17.4 Å². The molecule has 2 heterocycles. The number of halogens is 3. The Balaban J connectivity index is 2.38. The fourth-order valence-electron chi connectivity index (χ4n) is 1.95. The van der Waals surface area contributed by atoms with Crippen LogP contribution in [0.4, 0.5) is 18.9 Å². The smallest absolute Gasteiger partial charge is 0.369 e. The maximum atomic E-state index is 12.7. The zero-order valence-corrected chi connectivity index (χ0v) is 9.41. The average Bonchev–Trinajstić information content (AvgIpc) is 2.74. The number of anilines is 1. The second-order valence-electron chi connectivity index (χ2n) is 4.19. The quantitative estimate of drug-likeness (QED) is 0.827. The van der Waals surface area contributed by atoms with Gasteiger partial charge in [0, 0.05) is 19.1 Å². The molecule has 1 atom stereocenters. The summed E-state index contributed by atoms with van der Waals surface area (Å²) in [7, 11) is 0. The fourth-order valence-corrected chi connectivity index (χ4v) is 1.95. The first-order chi connectivity index (χ1) is 8.41. The number of nitriles is 1. The molecule has 18 heavy (non-hydrogen) atoms. The van der Waals surface area contributed by atoms with Gasteiger partial charge in [0.15, 0.2) is 5.69 Å². The molecule has 0 radical (unpaired) electrons. The van der Waals surface area contributed by atoms with Crippen molar-refractivity contribution in [3.63, 3.8) is 0 Å². The van der Waals surface area contributed by atoms with E-state index in [-0.39, 0.29) is 6.04 Å². The van der Waals surface area contributed by atoms with Crippen LogP contribution < -0.4 is 10.6 Å². The Morgan fingerprint density at radius 1 is 1.50 bits per heavy atom. The largest absolute Gasteiger partial charge is 0.419 e. The van der Waals surface area contributed by atoms with E-state index in [4.69, 9.17) is 11.0 Å². The van der Waals surface area contributed by atoms with Crippen molar-refractivity contribution in [2.45, 2.75) is 18.6 Å². The second kappa shape index (κ2) is 4.46. The first-order valence-corrected chi connectivity index (χ1v) is 5.39. The number of aromatic nitrogens is 1. The minimum Gasteiger partial charge on any atom is -0.369 e. The van der Waals surface area contributed by atoms with Crippen molar-refractivity contribution in [1.82, 2.24) is 4.98 Å². The van der Waals surface area contributed by atoms with Crippen molar-refractivity contribution in [1.29, 1.82) is 5.26 Å². The van der Waals surface area contributed by atoms with E-state index in [1.165, 1.54) is 12.3 Å². The highest BCUT2D eigenvalue weighted by atomic mass is 19.4. The predicted octanol–water partition coefficient (Wildman–Crippen LogP) is 1.51. The third kappa shape index (κ3) is 2.38. The monoisotopic (exact) mass is 256 g/mol. The molecule has 1 aromatic rings. The van der Waals surface area contributed by atoms with Gasteiger partial charge in [-0.25, -0.2) is 4.98 Å². The molecule has 1 aliphatic heterocycles. The van der Waals surface area contributed by atoms with Crippen LogP contribution in [0.15, 0.2) is 12.3 Å². The van der Waals surface area contributed by atoms with Crippen molar-refractivity contribution in [3.8, 4) is 6.07 Å². The van der Waals surface area contributed by atoms with Crippen molar-refractivity contribution in [2.75, 3.05) is 18.0 Å². The van der Waals surface area contributed by atoms with Crippen LogP contribution in [0.3, 0.4) is 0 Å². The number of nitrogens with two attached hydrogens (primary N) is 1. The Morgan fingerprint density at radius 2 is 2.22 bits per heavy atom. The molecule has 4 nitrogen and oxygen atoms in total. The van der Waals surface area contributed by atoms with E-state index in [1.54, 1.807) is 4.90 Å². The maximum absolute atomic E-state index is 12.7. The van der Waals surface area contributed by atoms with Crippen molar-refractivity contribution in [3.05, 3.63) is 23.5 Å². The molecular formula is C11H11F3N4. The summed E-state index contributed by atoms with van der Waals surface area (Å²) in [5, 5.41) is 8.63. The zero-order chi connectivity index (χ0) is 13.3. The molecule has 0 bridgehead atoms.